The van der Waals surface area contributed by atoms with Crippen molar-refractivity contribution in [3.63, 3.8) is 0 Å². The van der Waals surface area contributed by atoms with Gasteiger partial charge in [0, 0.05) is 10.4 Å². The third-order valence-corrected chi connectivity index (χ3v) is 5.04. The second kappa shape index (κ2) is 6.32. The molecular formula is C13H17N2NaO4S. The van der Waals surface area contributed by atoms with Gasteiger partial charge in [-0.3, -0.25) is 9.59 Å². The van der Waals surface area contributed by atoms with Crippen LogP contribution in [-0.2, 0) is 14.4 Å². The standard InChI is InChI=1S/C13H18N2O4S.Na/c1-6(5-7(2)16)14-8-10(17)15-9(12(18)19)13(3,4)20-11(8)15;/h5,8-9,11,14H,1-4H3,(H,18,19);/q;+1/p-1/b6-5+;/t8?,9-,11+;/m0./s1. The van der Waals surface area contributed by atoms with Gasteiger partial charge in [-0.2, -0.15) is 0 Å². The molecule has 0 radical (unpaired) electrons. The largest absolute Gasteiger partial charge is 1.00 e. The van der Waals surface area contributed by atoms with Gasteiger partial charge in [0.25, 0.3) is 0 Å². The van der Waals surface area contributed by atoms with Gasteiger partial charge in [0.15, 0.2) is 5.78 Å². The van der Waals surface area contributed by atoms with E-state index in [1.165, 1.54) is 29.7 Å². The number of hydrogen-bond donors (Lipinski definition) is 1. The van der Waals surface area contributed by atoms with E-state index < -0.39 is 22.8 Å². The maximum atomic E-state index is 12.1. The molecule has 0 aromatic rings. The van der Waals surface area contributed by atoms with Crippen LogP contribution in [0.1, 0.15) is 27.7 Å². The number of nitrogens with zero attached hydrogens (tertiary/aromatic N) is 1. The number of carbonyl (C=O) groups excluding carboxylic acids is 3. The van der Waals surface area contributed by atoms with E-state index in [-0.39, 0.29) is 46.6 Å². The van der Waals surface area contributed by atoms with E-state index in [2.05, 4.69) is 5.32 Å². The van der Waals surface area contributed by atoms with Crippen LogP contribution in [0.3, 0.4) is 0 Å². The van der Waals surface area contributed by atoms with Gasteiger partial charge in [-0.25, -0.2) is 0 Å². The molecule has 21 heavy (non-hydrogen) atoms. The number of β-lactam (4-membered cyclic amide) rings is 1. The molecule has 8 heteroatoms. The Bertz CT molecular complexity index is 520. The van der Waals surface area contributed by atoms with Crippen LogP contribution in [0.5, 0.6) is 0 Å². The van der Waals surface area contributed by atoms with Gasteiger partial charge in [0.1, 0.15) is 11.4 Å². The number of carbonyl (C=O) groups is 3. The zero-order valence-electron chi connectivity index (χ0n) is 12.8. The second-order valence-electron chi connectivity index (χ2n) is 5.64. The Balaban J connectivity index is 0.00000220. The summed E-state index contributed by atoms with van der Waals surface area (Å²) in [7, 11) is 0. The first-order valence-corrected chi connectivity index (χ1v) is 7.19. The van der Waals surface area contributed by atoms with E-state index in [1.807, 2.05) is 0 Å². The summed E-state index contributed by atoms with van der Waals surface area (Å²) in [5.74, 6) is -1.60. The zero-order chi connectivity index (χ0) is 15.2. The normalized spacial score (nSPS) is 30.1. The Morgan fingerprint density at radius 1 is 1.38 bits per heavy atom. The third kappa shape index (κ3) is 3.31. The molecule has 2 rings (SSSR count). The fourth-order valence-electron chi connectivity index (χ4n) is 2.72. The van der Waals surface area contributed by atoms with Gasteiger partial charge < -0.3 is 20.1 Å². The summed E-state index contributed by atoms with van der Waals surface area (Å²) in [5, 5.41) is 14.0. The second-order valence-corrected chi connectivity index (χ2v) is 7.41. The van der Waals surface area contributed by atoms with Crippen LogP contribution in [-0.4, -0.2) is 44.8 Å². The van der Waals surface area contributed by atoms with E-state index in [1.54, 1.807) is 20.8 Å². The van der Waals surface area contributed by atoms with Crippen molar-refractivity contribution in [1.82, 2.24) is 10.2 Å². The predicted molar refractivity (Wildman–Crippen MR) is 72.5 cm³/mol. The molecule has 2 heterocycles. The minimum Gasteiger partial charge on any atom is -0.548 e. The SMILES string of the molecule is CC(=O)/C=C(\C)NC1C(=O)N2[C@@H]1SC(C)(C)[C@@H]2C(=O)[O-].[Na+]. The van der Waals surface area contributed by atoms with E-state index >= 15 is 0 Å². The van der Waals surface area contributed by atoms with Crippen LogP contribution in [0.2, 0.25) is 0 Å². The molecule has 1 amide bonds. The maximum absolute atomic E-state index is 12.1. The van der Waals surface area contributed by atoms with Crippen molar-refractivity contribution < 1.29 is 49.0 Å². The number of hydrogen-bond acceptors (Lipinski definition) is 6. The number of fused-ring (bicyclic) bond motifs is 1. The molecule has 110 valence electrons. The fourth-order valence-corrected chi connectivity index (χ4v) is 4.34. The average Bonchev–Trinajstić information content (AvgIpc) is 2.54. The summed E-state index contributed by atoms with van der Waals surface area (Å²) in [6, 6.07) is -1.40. The molecule has 1 unspecified atom stereocenters. The van der Waals surface area contributed by atoms with Crippen LogP contribution in [0.25, 0.3) is 0 Å². The molecule has 0 bridgehead atoms. The molecule has 2 aliphatic heterocycles. The minimum absolute atomic E-state index is 0. The summed E-state index contributed by atoms with van der Waals surface area (Å²) >= 11 is 1.44. The van der Waals surface area contributed by atoms with Crippen LogP contribution in [0.4, 0.5) is 0 Å². The molecule has 1 N–H and O–H groups in total. The zero-order valence-corrected chi connectivity index (χ0v) is 15.6. The number of nitrogens with one attached hydrogen (secondary N) is 1. The maximum Gasteiger partial charge on any atom is 1.00 e. The summed E-state index contributed by atoms with van der Waals surface area (Å²) in [6.07, 6.45) is 1.41. The molecule has 2 fully saturated rings. The van der Waals surface area contributed by atoms with Gasteiger partial charge in [0.05, 0.1) is 12.0 Å². The van der Waals surface area contributed by atoms with Crippen LogP contribution < -0.4 is 40.0 Å². The van der Waals surface area contributed by atoms with Gasteiger partial charge in [-0.15, -0.1) is 11.8 Å². The van der Waals surface area contributed by atoms with Crippen molar-refractivity contribution >= 4 is 29.4 Å². The summed E-state index contributed by atoms with van der Waals surface area (Å²) in [6.45, 7) is 6.72. The molecular weight excluding hydrogens is 303 g/mol. The Morgan fingerprint density at radius 3 is 2.43 bits per heavy atom. The number of thioether (sulfide) groups is 1. The van der Waals surface area contributed by atoms with Crippen molar-refractivity contribution in [3.8, 4) is 0 Å². The molecule has 0 aliphatic carbocycles. The van der Waals surface area contributed by atoms with E-state index in [0.29, 0.717) is 5.70 Å². The first kappa shape index (κ1) is 18.5. The monoisotopic (exact) mass is 320 g/mol. The molecule has 0 aromatic carbocycles. The molecule has 3 atom stereocenters. The third-order valence-electron chi connectivity index (χ3n) is 3.47. The molecule has 6 nitrogen and oxygen atoms in total. The van der Waals surface area contributed by atoms with Gasteiger partial charge in [-0.05, 0) is 33.8 Å². The molecule has 2 aliphatic rings. The first-order valence-electron chi connectivity index (χ1n) is 6.31. The van der Waals surface area contributed by atoms with E-state index in [9.17, 15) is 19.5 Å². The molecule has 0 saturated carbocycles. The van der Waals surface area contributed by atoms with Crippen molar-refractivity contribution in [2.24, 2.45) is 0 Å². The molecule has 0 spiro atoms. The summed E-state index contributed by atoms with van der Waals surface area (Å²) in [4.78, 5) is 35.7. The number of carboxylic acid groups (broad SMARTS) is 1. The van der Waals surface area contributed by atoms with Gasteiger partial charge >= 0.3 is 29.6 Å². The predicted octanol–water partition coefficient (Wildman–Crippen LogP) is -3.75. The molecule has 0 aromatic heterocycles. The Hall–Kier alpha value is -0.500. The Morgan fingerprint density at radius 2 is 1.95 bits per heavy atom. The van der Waals surface area contributed by atoms with Gasteiger partial charge in [-0.1, -0.05) is 0 Å². The van der Waals surface area contributed by atoms with Crippen molar-refractivity contribution in [2.75, 3.05) is 0 Å². The minimum atomic E-state index is -1.23. The number of allylic oxidation sites excluding steroid dienone is 2. The number of rotatable bonds is 4. The smallest absolute Gasteiger partial charge is 0.548 e. The summed E-state index contributed by atoms with van der Waals surface area (Å²) in [5.41, 5.74) is 0.603. The molecule has 2 saturated heterocycles. The van der Waals surface area contributed by atoms with Crippen molar-refractivity contribution in [3.05, 3.63) is 11.8 Å². The quantitative estimate of drug-likeness (QED) is 0.325. The van der Waals surface area contributed by atoms with Crippen LogP contribution in [0, 0.1) is 0 Å². The number of ketones is 1. The first-order chi connectivity index (χ1) is 9.15. The van der Waals surface area contributed by atoms with Crippen molar-refractivity contribution in [2.45, 2.75) is 49.9 Å². The number of amides is 1. The summed E-state index contributed by atoms with van der Waals surface area (Å²) < 4.78 is -0.589. The van der Waals surface area contributed by atoms with Crippen LogP contribution >= 0.6 is 11.8 Å². The van der Waals surface area contributed by atoms with E-state index in [4.69, 9.17) is 0 Å². The Labute approximate surface area is 150 Å². The topological polar surface area (TPSA) is 89.5 Å². The van der Waals surface area contributed by atoms with E-state index in [0.717, 1.165) is 0 Å². The van der Waals surface area contributed by atoms with Crippen molar-refractivity contribution in [1.29, 1.82) is 0 Å². The van der Waals surface area contributed by atoms with Gasteiger partial charge in [0.2, 0.25) is 5.91 Å². The number of aliphatic carboxylic acids is 1. The Kier molecular flexibility index (Phi) is 5.58. The fraction of sp³-hybridized carbons (Fsp3) is 0.615. The van der Waals surface area contributed by atoms with Crippen LogP contribution in [0.15, 0.2) is 11.8 Å². The number of carboxylic acids is 1. The average molecular weight is 320 g/mol.